The molecule has 0 radical (unpaired) electrons. The van der Waals surface area contributed by atoms with Crippen molar-refractivity contribution < 1.29 is 48.0 Å². The fourth-order valence-electron chi connectivity index (χ4n) is 10.0. The standard InChI is InChI=1S/C48H72N2O10/c1-9-35-24-29(2)23-30(3)25-41(56-7)44-42(57-8)27-33(6)48(55,60-44)45(52)46(53)50-22-14-13-17-38(50)47(54)59-43(31(4)18-20-39(35)51)32(5)26-34-19-21-40(37(49)28-34)58-36-15-11-10-12-16-36/h10-12,15-16,24,26,30-31,33-35,37-38,40-44,55H,9,13-14,17-23,25,27-28,49H2,1-8H3. The van der Waals surface area contributed by atoms with E-state index >= 15 is 0 Å². The van der Waals surface area contributed by atoms with Crippen LogP contribution in [0.4, 0.5) is 0 Å². The molecule has 60 heavy (non-hydrogen) atoms. The zero-order valence-electron chi connectivity index (χ0n) is 37.3. The van der Waals surface area contributed by atoms with Crippen LogP contribution in [0.25, 0.3) is 0 Å². The minimum Gasteiger partial charge on any atom is -0.489 e. The van der Waals surface area contributed by atoms with Crippen molar-refractivity contribution in [3.8, 4) is 5.75 Å². The lowest BCUT2D eigenvalue weighted by Crippen LogP contribution is -2.64. The normalized spacial score (nSPS) is 37.3. The number of amides is 1. The van der Waals surface area contributed by atoms with Crippen molar-refractivity contribution in [3.05, 3.63) is 53.6 Å². The Morgan fingerprint density at radius 2 is 1.65 bits per heavy atom. The first-order chi connectivity index (χ1) is 28.6. The van der Waals surface area contributed by atoms with Crippen LogP contribution in [0.15, 0.2) is 53.6 Å². The molecule has 12 heteroatoms. The zero-order chi connectivity index (χ0) is 43.7. The number of esters is 1. The van der Waals surface area contributed by atoms with Gasteiger partial charge in [0.25, 0.3) is 11.7 Å². The largest absolute Gasteiger partial charge is 0.489 e. The highest BCUT2D eigenvalue weighted by molar-refractivity contribution is 6.39. The number of rotatable bonds is 7. The van der Waals surface area contributed by atoms with Crippen LogP contribution in [0.5, 0.6) is 5.75 Å². The number of hydrogen-bond acceptors (Lipinski definition) is 11. The van der Waals surface area contributed by atoms with Gasteiger partial charge in [0.15, 0.2) is 0 Å². The van der Waals surface area contributed by atoms with Crippen LogP contribution < -0.4 is 10.5 Å². The van der Waals surface area contributed by atoms with E-state index in [1.165, 1.54) is 4.90 Å². The van der Waals surface area contributed by atoms with Gasteiger partial charge < -0.3 is 39.4 Å². The monoisotopic (exact) mass is 837 g/mol. The van der Waals surface area contributed by atoms with E-state index in [2.05, 4.69) is 19.1 Å². The average Bonchev–Trinajstić information content (AvgIpc) is 3.23. The van der Waals surface area contributed by atoms with E-state index in [-0.39, 0.29) is 54.6 Å². The fraction of sp³-hybridized carbons (Fsp3) is 0.708. The van der Waals surface area contributed by atoms with E-state index in [0.717, 1.165) is 29.7 Å². The Bertz CT molecular complexity index is 1680. The lowest BCUT2D eigenvalue weighted by molar-refractivity contribution is -0.302. The first kappa shape index (κ1) is 47.6. The third-order valence-electron chi connectivity index (χ3n) is 13.6. The van der Waals surface area contributed by atoms with E-state index in [0.29, 0.717) is 57.8 Å². The van der Waals surface area contributed by atoms with Crippen LogP contribution in [-0.4, -0.2) is 103 Å². The highest BCUT2D eigenvalue weighted by atomic mass is 16.7. The Morgan fingerprint density at radius 3 is 2.32 bits per heavy atom. The summed E-state index contributed by atoms with van der Waals surface area (Å²) < 4.78 is 30.7. The third kappa shape index (κ3) is 11.5. The smallest absolute Gasteiger partial charge is 0.329 e. The fourth-order valence-corrected chi connectivity index (χ4v) is 10.0. The van der Waals surface area contributed by atoms with Gasteiger partial charge in [0.1, 0.15) is 35.9 Å². The number of Topliss-reactive ketones (excluding diaryl/α,β-unsaturated/α-hetero) is 2. The predicted octanol–water partition coefficient (Wildman–Crippen LogP) is 6.90. The van der Waals surface area contributed by atoms with E-state index in [4.69, 9.17) is 29.4 Å². The molecule has 0 spiro atoms. The van der Waals surface area contributed by atoms with Crippen molar-refractivity contribution >= 4 is 23.4 Å². The number of carbonyl (C=O) groups excluding carboxylic acids is 4. The van der Waals surface area contributed by atoms with Gasteiger partial charge in [0.2, 0.25) is 5.79 Å². The lowest BCUT2D eigenvalue weighted by Gasteiger charge is -2.47. The molecule has 1 amide bonds. The van der Waals surface area contributed by atoms with Crippen molar-refractivity contribution in [1.29, 1.82) is 0 Å². The summed E-state index contributed by atoms with van der Waals surface area (Å²) in [6, 6.07) is 8.45. The van der Waals surface area contributed by atoms with Gasteiger partial charge >= 0.3 is 5.97 Å². The maximum Gasteiger partial charge on any atom is 0.329 e. The minimum absolute atomic E-state index is 0.0904. The summed E-state index contributed by atoms with van der Waals surface area (Å²) in [5.41, 5.74) is 8.62. The quantitative estimate of drug-likeness (QED) is 0.167. The molecule has 3 N–H and O–H groups in total. The second kappa shape index (κ2) is 21.6. The van der Waals surface area contributed by atoms with Gasteiger partial charge in [-0.15, -0.1) is 0 Å². The Hall–Kier alpha value is -3.42. The van der Waals surface area contributed by atoms with E-state index < -0.39 is 59.8 Å². The summed E-state index contributed by atoms with van der Waals surface area (Å²) in [6.07, 6.45) is 8.25. The van der Waals surface area contributed by atoms with Crippen molar-refractivity contribution in [2.24, 2.45) is 35.3 Å². The minimum atomic E-state index is -2.46. The molecule has 12 nitrogen and oxygen atoms in total. The summed E-state index contributed by atoms with van der Waals surface area (Å²) in [7, 11) is 3.11. The van der Waals surface area contributed by atoms with Gasteiger partial charge in [0.05, 0.1) is 12.2 Å². The topological polar surface area (TPSA) is 164 Å². The molecule has 3 aliphatic heterocycles. The van der Waals surface area contributed by atoms with Crippen LogP contribution in [0, 0.1) is 29.6 Å². The Morgan fingerprint density at radius 1 is 0.950 bits per heavy atom. The van der Waals surface area contributed by atoms with Crippen molar-refractivity contribution in [2.45, 2.75) is 167 Å². The highest BCUT2D eigenvalue weighted by Crippen LogP contribution is 2.39. The SMILES string of the molecule is CCC1C=C(C)CC(C)CC(OC)C2OC(O)(C(=O)C(=O)N3CCCCC3C(=O)OC(C(C)=CC3CCC(Oc4ccccc4)C(N)C3)C(C)CCC1=O)C(C)CC2OC. The first-order valence-corrected chi connectivity index (χ1v) is 22.5. The first-order valence-electron chi connectivity index (χ1n) is 22.5. The number of carbonyl (C=O) groups is 4. The number of aliphatic hydroxyl groups is 1. The number of allylic oxidation sites excluding steroid dienone is 3. The summed E-state index contributed by atoms with van der Waals surface area (Å²) in [6.45, 7) is 11.9. The number of cyclic esters (lactones) is 1. The highest BCUT2D eigenvalue weighted by Gasteiger charge is 2.56. The van der Waals surface area contributed by atoms with Crippen LogP contribution in [0.1, 0.15) is 119 Å². The molecular formula is C48H72N2O10. The van der Waals surface area contributed by atoms with Crippen LogP contribution >= 0.6 is 0 Å². The Labute approximate surface area is 357 Å². The zero-order valence-corrected chi connectivity index (χ0v) is 37.3. The molecule has 4 aliphatic rings. The number of fused-ring (bicyclic) bond motifs is 3. The van der Waals surface area contributed by atoms with Crippen LogP contribution in [0.2, 0.25) is 0 Å². The van der Waals surface area contributed by atoms with Crippen molar-refractivity contribution in [1.82, 2.24) is 4.90 Å². The summed E-state index contributed by atoms with van der Waals surface area (Å²) in [5.74, 6) is -5.32. The molecule has 5 rings (SSSR count). The molecule has 13 unspecified atom stereocenters. The number of ether oxygens (including phenoxy) is 5. The molecule has 2 saturated heterocycles. The third-order valence-corrected chi connectivity index (χ3v) is 13.6. The molecular weight excluding hydrogens is 765 g/mol. The van der Waals surface area contributed by atoms with Gasteiger partial charge in [-0.2, -0.15) is 0 Å². The molecule has 1 saturated carbocycles. The molecule has 13 atom stereocenters. The number of hydrogen-bond donors (Lipinski definition) is 2. The Balaban J connectivity index is 1.46. The second-order valence-corrected chi connectivity index (χ2v) is 18.3. The second-order valence-electron chi connectivity index (χ2n) is 18.3. The number of methoxy groups -OCH3 is 2. The van der Waals surface area contributed by atoms with Crippen LogP contribution in [-0.2, 0) is 38.1 Å². The van der Waals surface area contributed by atoms with Crippen molar-refractivity contribution in [3.63, 3.8) is 0 Å². The molecule has 3 fully saturated rings. The Kier molecular flexibility index (Phi) is 17.1. The molecule has 0 aromatic heterocycles. The molecule has 1 aromatic carbocycles. The number of nitrogens with two attached hydrogens (primary N) is 1. The van der Waals surface area contributed by atoms with Gasteiger partial charge in [-0.1, -0.05) is 63.6 Å². The van der Waals surface area contributed by atoms with Crippen LogP contribution in [0.3, 0.4) is 0 Å². The molecule has 3 heterocycles. The summed E-state index contributed by atoms with van der Waals surface area (Å²) in [4.78, 5) is 58.1. The number of para-hydroxylation sites is 1. The lowest BCUT2D eigenvalue weighted by atomic mass is 9.81. The summed E-state index contributed by atoms with van der Waals surface area (Å²) in [5, 5.41) is 12.1. The predicted molar refractivity (Wildman–Crippen MR) is 229 cm³/mol. The van der Waals surface area contributed by atoms with Crippen molar-refractivity contribution in [2.75, 3.05) is 20.8 Å². The number of benzene rings is 1. The number of nitrogens with zero attached hydrogens (tertiary/aromatic N) is 1. The molecule has 2 bridgehead atoms. The summed E-state index contributed by atoms with van der Waals surface area (Å²) >= 11 is 0. The molecule has 1 aromatic rings. The van der Waals surface area contributed by atoms with Gasteiger partial charge in [-0.3, -0.25) is 14.4 Å². The molecule has 334 valence electrons. The van der Waals surface area contributed by atoms with E-state index in [1.54, 1.807) is 21.1 Å². The molecule has 1 aliphatic carbocycles. The van der Waals surface area contributed by atoms with Gasteiger partial charge in [0, 0.05) is 45.1 Å². The number of ketones is 2. The van der Waals surface area contributed by atoms with Gasteiger partial charge in [-0.25, -0.2) is 4.79 Å². The van der Waals surface area contributed by atoms with E-state index in [1.807, 2.05) is 58.0 Å². The number of piperidine rings is 1. The maximum absolute atomic E-state index is 14.4. The van der Waals surface area contributed by atoms with Gasteiger partial charge in [-0.05, 0) is 120 Å². The maximum atomic E-state index is 14.4. The van der Waals surface area contributed by atoms with E-state index in [9.17, 15) is 24.3 Å². The average molecular weight is 837 g/mol.